The van der Waals surface area contributed by atoms with Crippen LogP contribution in [0.5, 0.6) is 5.75 Å². The zero-order chi connectivity index (χ0) is 18.7. The van der Waals surface area contributed by atoms with Gasteiger partial charge in [0, 0.05) is 36.1 Å². The van der Waals surface area contributed by atoms with E-state index in [2.05, 4.69) is 46.5 Å². The molecule has 5 nitrogen and oxygen atoms in total. The Labute approximate surface area is 159 Å². The number of para-hydroxylation sites is 1. The summed E-state index contributed by atoms with van der Waals surface area (Å²) in [6.07, 6.45) is 3.51. The average molecular weight is 363 g/mol. The van der Waals surface area contributed by atoms with Crippen molar-refractivity contribution in [3.05, 3.63) is 59.9 Å². The van der Waals surface area contributed by atoms with E-state index < -0.39 is 0 Å². The fourth-order valence-electron chi connectivity index (χ4n) is 3.94. The molecular weight excluding hydrogens is 338 g/mol. The predicted octanol–water partition coefficient (Wildman–Crippen LogP) is 4.11. The van der Waals surface area contributed by atoms with Gasteiger partial charge in [-0.1, -0.05) is 29.8 Å². The molecule has 4 rings (SSSR count). The van der Waals surface area contributed by atoms with Crippen LogP contribution in [0, 0.1) is 6.92 Å². The van der Waals surface area contributed by atoms with Crippen molar-refractivity contribution in [1.82, 2.24) is 9.97 Å². The third-order valence-corrected chi connectivity index (χ3v) is 5.51. The minimum absolute atomic E-state index is 0.0539. The molecule has 0 spiro atoms. The third-order valence-electron chi connectivity index (χ3n) is 5.51. The van der Waals surface area contributed by atoms with Gasteiger partial charge >= 0.3 is 0 Å². The average Bonchev–Trinajstić information content (AvgIpc) is 2.73. The van der Waals surface area contributed by atoms with Crippen LogP contribution in [0.15, 0.2) is 48.8 Å². The fraction of sp³-hybridized carbons (Fsp3) is 0.364. The Morgan fingerprint density at radius 3 is 2.74 bits per heavy atom. The zero-order valence-corrected chi connectivity index (χ0v) is 15.9. The summed E-state index contributed by atoms with van der Waals surface area (Å²) in [4.78, 5) is 8.85. The topological polar surface area (TPSA) is 56.3 Å². The van der Waals surface area contributed by atoms with Crippen LogP contribution >= 0.6 is 0 Å². The summed E-state index contributed by atoms with van der Waals surface area (Å²) in [6, 6.07) is 14.5. The lowest BCUT2D eigenvalue weighted by Gasteiger charge is -2.39. The van der Waals surface area contributed by atoms with Gasteiger partial charge in [0.15, 0.2) is 0 Å². The second kappa shape index (κ2) is 7.53. The van der Waals surface area contributed by atoms with E-state index in [-0.39, 0.29) is 5.41 Å². The van der Waals surface area contributed by atoms with Crippen molar-refractivity contribution in [2.75, 3.05) is 32.2 Å². The molecule has 1 fully saturated rings. The molecule has 3 aromatic rings. The molecule has 1 saturated heterocycles. The van der Waals surface area contributed by atoms with Gasteiger partial charge in [-0.15, -0.1) is 0 Å². The number of ether oxygens (including phenoxy) is 2. The molecule has 1 aromatic heterocycles. The van der Waals surface area contributed by atoms with Crippen LogP contribution in [0.4, 0.5) is 5.82 Å². The van der Waals surface area contributed by atoms with Crippen LogP contribution in [0.1, 0.15) is 24.0 Å². The molecule has 140 valence electrons. The van der Waals surface area contributed by atoms with Crippen molar-refractivity contribution in [2.45, 2.75) is 25.2 Å². The lowest BCUT2D eigenvalue weighted by molar-refractivity contribution is 0.0535. The lowest BCUT2D eigenvalue weighted by Crippen LogP contribution is -2.40. The normalized spacial score (nSPS) is 16.2. The number of aryl methyl sites for hydroxylation is 1. The highest BCUT2D eigenvalue weighted by Crippen LogP contribution is 2.40. The standard InChI is InChI=1S/C22H25N3O2/c1-16-7-8-20(26-2)18(13-16)22(9-11-27-12-10-22)14-23-21-17-5-3-4-6-19(17)24-15-25-21/h3-8,13,15H,9-12,14H2,1-2H3,(H,23,24,25). The molecule has 1 N–H and O–H groups in total. The Balaban J connectivity index is 1.70. The zero-order valence-electron chi connectivity index (χ0n) is 15.9. The number of methoxy groups -OCH3 is 1. The number of fused-ring (bicyclic) bond motifs is 1. The van der Waals surface area contributed by atoms with Crippen LogP contribution in [-0.2, 0) is 10.2 Å². The van der Waals surface area contributed by atoms with Gasteiger partial charge in [-0.05, 0) is 38.0 Å². The first-order valence-electron chi connectivity index (χ1n) is 9.38. The molecule has 0 amide bonds. The van der Waals surface area contributed by atoms with Gasteiger partial charge in [0.1, 0.15) is 17.9 Å². The maximum atomic E-state index is 5.71. The minimum atomic E-state index is -0.0539. The first-order valence-corrected chi connectivity index (χ1v) is 9.38. The number of hydrogen-bond donors (Lipinski definition) is 1. The van der Waals surface area contributed by atoms with Crippen LogP contribution in [0.2, 0.25) is 0 Å². The second-order valence-corrected chi connectivity index (χ2v) is 7.19. The van der Waals surface area contributed by atoms with E-state index in [0.717, 1.165) is 55.1 Å². The molecule has 0 unspecified atom stereocenters. The van der Waals surface area contributed by atoms with Gasteiger partial charge in [0.25, 0.3) is 0 Å². The predicted molar refractivity (Wildman–Crippen MR) is 107 cm³/mol. The minimum Gasteiger partial charge on any atom is -0.496 e. The van der Waals surface area contributed by atoms with Crippen molar-refractivity contribution < 1.29 is 9.47 Å². The van der Waals surface area contributed by atoms with Crippen molar-refractivity contribution in [3.63, 3.8) is 0 Å². The Hall–Kier alpha value is -2.66. The summed E-state index contributed by atoms with van der Waals surface area (Å²) in [5.41, 5.74) is 3.38. The van der Waals surface area contributed by atoms with Crippen molar-refractivity contribution >= 4 is 16.7 Å². The molecule has 2 aromatic carbocycles. The van der Waals surface area contributed by atoms with Crippen molar-refractivity contribution in [1.29, 1.82) is 0 Å². The summed E-state index contributed by atoms with van der Waals surface area (Å²) in [6.45, 7) is 4.41. The number of benzene rings is 2. The monoisotopic (exact) mass is 363 g/mol. The fourth-order valence-corrected chi connectivity index (χ4v) is 3.94. The van der Waals surface area contributed by atoms with E-state index in [4.69, 9.17) is 9.47 Å². The second-order valence-electron chi connectivity index (χ2n) is 7.19. The number of nitrogens with zero attached hydrogens (tertiary/aromatic N) is 2. The molecule has 27 heavy (non-hydrogen) atoms. The van der Waals surface area contributed by atoms with E-state index >= 15 is 0 Å². The highest BCUT2D eigenvalue weighted by molar-refractivity contribution is 5.88. The lowest BCUT2D eigenvalue weighted by atomic mass is 9.73. The Kier molecular flexibility index (Phi) is 4.94. The van der Waals surface area contributed by atoms with Crippen molar-refractivity contribution in [2.24, 2.45) is 0 Å². The van der Waals surface area contributed by atoms with E-state index in [1.54, 1.807) is 13.4 Å². The van der Waals surface area contributed by atoms with E-state index in [9.17, 15) is 0 Å². The third kappa shape index (κ3) is 3.47. The summed E-state index contributed by atoms with van der Waals surface area (Å²) in [5.74, 6) is 1.81. The van der Waals surface area contributed by atoms with Gasteiger partial charge in [0.2, 0.25) is 0 Å². The molecule has 1 aliphatic rings. The van der Waals surface area contributed by atoms with Gasteiger partial charge in [-0.2, -0.15) is 0 Å². The number of hydrogen-bond acceptors (Lipinski definition) is 5. The highest BCUT2D eigenvalue weighted by atomic mass is 16.5. The number of aromatic nitrogens is 2. The molecule has 5 heteroatoms. The maximum Gasteiger partial charge on any atom is 0.137 e. The van der Waals surface area contributed by atoms with Crippen LogP contribution in [0.25, 0.3) is 10.9 Å². The van der Waals surface area contributed by atoms with Crippen LogP contribution < -0.4 is 10.1 Å². The first-order chi connectivity index (χ1) is 13.2. The van der Waals surface area contributed by atoms with Crippen LogP contribution in [-0.4, -0.2) is 36.8 Å². The number of nitrogens with one attached hydrogen (secondary N) is 1. The van der Waals surface area contributed by atoms with E-state index in [0.29, 0.717) is 0 Å². The molecule has 0 bridgehead atoms. The highest BCUT2D eigenvalue weighted by Gasteiger charge is 2.37. The van der Waals surface area contributed by atoms with Crippen molar-refractivity contribution in [3.8, 4) is 5.75 Å². The molecule has 0 radical (unpaired) electrons. The van der Waals surface area contributed by atoms with E-state index in [1.165, 1.54) is 11.1 Å². The van der Waals surface area contributed by atoms with Gasteiger partial charge < -0.3 is 14.8 Å². The first kappa shape index (κ1) is 17.7. The largest absolute Gasteiger partial charge is 0.496 e. The quantitative estimate of drug-likeness (QED) is 0.739. The number of rotatable bonds is 5. The SMILES string of the molecule is COc1ccc(C)cc1C1(CNc2ncnc3ccccc23)CCOCC1. The molecular formula is C22H25N3O2. The van der Waals surface area contributed by atoms with E-state index in [1.807, 2.05) is 18.2 Å². The summed E-state index contributed by atoms with van der Waals surface area (Å²) < 4.78 is 11.4. The summed E-state index contributed by atoms with van der Waals surface area (Å²) >= 11 is 0. The molecule has 2 heterocycles. The molecule has 1 aliphatic heterocycles. The Morgan fingerprint density at radius 2 is 1.93 bits per heavy atom. The summed E-state index contributed by atoms with van der Waals surface area (Å²) in [7, 11) is 1.74. The Bertz CT molecular complexity index is 930. The Morgan fingerprint density at radius 1 is 1.11 bits per heavy atom. The van der Waals surface area contributed by atoms with Gasteiger partial charge in [-0.3, -0.25) is 0 Å². The molecule has 0 saturated carbocycles. The molecule has 0 atom stereocenters. The van der Waals surface area contributed by atoms with Gasteiger partial charge in [-0.25, -0.2) is 9.97 Å². The number of anilines is 1. The molecule has 0 aliphatic carbocycles. The van der Waals surface area contributed by atoms with Crippen LogP contribution in [0.3, 0.4) is 0 Å². The smallest absolute Gasteiger partial charge is 0.137 e. The summed E-state index contributed by atoms with van der Waals surface area (Å²) in [5, 5.41) is 4.65. The van der Waals surface area contributed by atoms with Gasteiger partial charge in [0.05, 0.1) is 12.6 Å². The maximum absolute atomic E-state index is 5.71.